The van der Waals surface area contributed by atoms with Gasteiger partial charge in [0.1, 0.15) is 17.2 Å². The van der Waals surface area contributed by atoms with Crippen LogP contribution < -0.4 is 19.5 Å². The lowest BCUT2D eigenvalue weighted by molar-refractivity contribution is -0.274. The summed E-state index contributed by atoms with van der Waals surface area (Å²) in [5.74, 6) is 0.672. The number of aromatic nitrogens is 2. The van der Waals surface area contributed by atoms with E-state index in [9.17, 15) is 13.2 Å². The third kappa shape index (κ3) is 5.65. The van der Waals surface area contributed by atoms with Crippen molar-refractivity contribution >= 4 is 5.82 Å². The molecule has 0 spiro atoms. The fraction of sp³-hybridized carbons (Fsp3) is 0.500. The first kappa shape index (κ1) is 22.6. The first-order chi connectivity index (χ1) is 13.8. The lowest BCUT2D eigenvalue weighted by Gasteiger charge is -2.20. The average Bonchev–Trinajstić information content (AvgIpc) is 2.70. The zero-order valence-corrected chi connectivity index (χ0v) is 17.2. The number of methoxy groups -OCH3 is 2. The maximum absolute atomic E-state index is 12.5. The molecule has 0 aliphatic carbocycles. The van der Waals surface area contributed by atoms with Crippen LogP contribution in [-0.2, 0) is 6.42 Å². The van der Waals surface area contributed by atoms with Gasteiger partial charge in [-0.25, -0.2) is 4.98 Å². The van der Waals surface area contributed by atoms with Gasteiger partial charge in [-0.15, -0.1) is 13.2 Å². The van der Waals surface area contributed by atoms with Crippen molar-refractivity contribution in [1.29, 1.82) is 0 Å². The van der Waals surface area contributed by atoms with Gasteiger partial charge in [0, 0.05) is 17.7 Å². The van der Waals surface area contributed by atoms with Crippen molar-refractivity contribution in [2.75, 3.05) is 19.5 Å². The Morgan fingerprint density at radius 2 is 1.72 bits per heavy atom. The van der Waals surface area contributed by atoms with Crippen molar-refractivity contribution in [3.63, 3.8) is 0 Å². The molecule has 0 atom stereocenters. The first-order valence-electron chi connectivity index (χ1n) is 9.41. The van der Waals surface area contributed by atoms with E-state index in [-0.39, 0.29) is 23.4 Å². The minimum absolute atomic E-state index is 0.169. The smallest absolute Gasteiger partial charge is 0.496 e. The number of halogens is 3. The largest absolute Gasteiger partial charge is 0.573 e. The molecule has 6 nitrogen and oxygen atoms in total. The summed E-state index contributed by atoms with van der Waals surface area (Å²) in [6.07, 6.45) is -2.31. The van der Waals surface area contributed by atoms with Gasteiger partial charge in [0.05, 0.1) is 19.9 Å². The maximum atomic E-state index is 12.5. The van der Waals surface area contributed by atoms with Crippen LogP contribution in [-0.4, -0.2) is 36.6 Å². The lowest BCUT2D eigenvalue weighted by Crippen LogP contribution is -2.20. The molecule has 9 heteroatoms. The number of hydrogen-bond acceptors (Lipinski definition) is 6. The summed E-state index contributed by atoms with van der Waals surface area (Å²) in [5, 5.41) is 3.38. The van der Waals surface area contributed by atoms with Gasteiger partial charge in [-0.2, -0.15) is 4.98 Å². The summed E-state index contributed by atoms with van der Waals surface area (Å²) in [7, 11) is 2.83. The summed E-state index contributed by atoms with van der Waals surface area (Å²) in [6.45, 7) is 6.12. The molecule has 29 heavy (non-hydrogen) atoms. The number of aryl methyl sites for hydroxylation is 1. The molecule has 0 amide bonds. The van der Waals surface area contributed by atoms with Gasteiger partial charge in [-0.1, -0.05) is 20.8 Å². The highest BCUT2D eigenvalue weighted by Crippen LogP contribution is 2.38. The van der Waals surface area contributed by atoms with Gasteiger partial charge in [0.25, 0.3) is 0 Å². The molecule has 0 saturated carbocycles. The van der Waals surface area contributed by atoms with E-state index in [0.717, 1.165) is 24.6 Å². The van der Waals surface area contributed by atoms with Crippen molar-refractivity contribution in [2.24, 2.45) is 0 Å². The third-order valence-electron chi connectivity index (χ3n) is 4.45. The van der Waals surface area contributed by atoms with Crippen LogP contribution >= 0.6 is 0 Å². The van der Waals surface area contributed by atoms with Crippen molar-refractivity contribution in [2.45, 2.75) is 52.4 Å². The molecule has 0 aliphatic heterocycles. The highest BCUT2D eigenvalue weighted by molar-refractivity contribution is 5.73. The van der Waals surface area contributed by atoms with Gasteiger partial charge in [-0.05, 0) is 31.4 Å². The standard InChI is InChI=1S/C20H26F3N3O3/c1-6-12(7-2)24-18-15(8-3)25-17(19(26-18)28-5)14-10-9-13(11-16(14)27-4)29-20(21,22)23/h9-12H,6-8H2,1-5H3,(H,24,26). The zero-order valence-electron chi connectivity index (χ0n) is 17.2. The number of nitrogens with one attached hydrogen (secondary N) is 1. The van der Waals surface area contributed by atoms with Gasteiger partial charge in [0.2, 0.25) is 5.88 Å². The molecule has 2 aromatic rings. The summed E-state index contributed by atoms with van der Waals surface area (Å²) in [5.41, 5.74) is 1.57. The Labute approximate surface area is 168 Å². The van der Waals surface area contributed by atoms with Crippen LogP contribution in [0.1, 0.15) is 39.3 Å². The predicted octanol–water partition coefficient (Wildman–Crippen LogP) is 5.22. The van der Waals surface area contributed by atoms with Crippen LogP contribution in [0.5, 0.6) is 17.4 Å². The predicted molar refractivity (Wildman–Crippen MR) is 105 cm³/mol. The van der Waals surface area contributed by atoms with Gasteiger partial charge < -0.3 is 19.5 Å². The number of nitrogens with zero attached hydrogens (tertiary/aromatic N) is 2. The highest BCUT2D eigenvalue weighted by Gasteiger charge is 2.31. The van der Waals surface area contributed by atoms with Crippen LogP contribution in [0.4, 0.5) is 19.0 Å². The number of hydrogen-bond donors (Lipinski definition) is 1. The van der Waals surface area contributed by atoms with E-state index < -0.39 is 6.36 Å². The second-order valence-corrected chi connectivity index (χ2v) is 6.30. The summed E-state index contributed by atoms with van der Waals surface area (Å²) in [6, 6.07) is 4.05. The Morgan fingerprint density at radius 3 is 2.24 bits per heavy atom. The Bertz CT molecular complexity index is 825. The molecule has 1 heterocycles. The number of alkyl halides is 3. The van der Waals surface area contributed by atoms with Gasteiger partial charge in [0.15, 0.2) is 5.82 Å². The molecule has 0 saturated heterocycles. The molecule has 1 aromatic heterocycles. The quantitative estimate of drug-likeness (QED) is 0.608. The molecule has 0 unspecified atom stereocenters. The van der Waals surface area contributed by atoms with Crippen LogP contribution in [0.25, 0.3) is 11.3 Å². The van der Waals surface area contributed by atoms with Crippen molar-refractivity contribution in [3.05, 3.63) is 23.9 Å². The second kappa shape index (κ2) is 9.67. The summed E-state index contributed by atoms with van der Waals surface area (Å²) < 4.78 is 52.2. The van der Waals surface area contributed by atoms with E-state index in [1.165, 1.54) is 26.4 Å². The topological polar surface area (TPSA) is 65.5 Å². The van der Waals surface area contributed by atoms with Gasteiger partial charge >= 0.3 is 6.36 Å². The molecular formula is C20H26F3N3O3. The van der Waals surface area contributed by atoms with E-state index in [1.54, 1.807) is 0 Å². The maximum Gasteiger partial charge on any atom is 0.573 e. The van der Waals surface area contributed by atoms with E-state index >= 15 is 0 Å². The van der Waals surface area contributed by atoms with Crippen LogP contribution in [0.15, 0.2) is 18.2 Å². The van der Waals surface area contributed by atoms with Crippen LogP contribution in [0.3, 0.4) is 0 Å². The molecule has 0 bridgehead atoms. The number of benzene rings is 1. The Hall–Kier alpha value is -2.71. The van der Waals surface area contributed by atoms with E-state index in [4.69, 9.17) is 9.47 Å². The molecule has 1 aromatic carbocycles. The molecule has 1 N–H and O–H groups in total. The normalized spacial score (nSPS) is 11.5. The molecular weight excluding hydrogens is 387 g/mol. The minimum Gasteiger partial charge on any atom is -0.496 e. The van der Waals surface area contributed by atoms with Crippen molar-refractivity contribution < 1.29 is 27.4 Å². The Morgan fingerprint density at radius 1 is 1.03 bits per heavy atom. The van der Waals surface area contributed by atoms with Crippen LogP contribution in [0.2, 0.25) is 0 Å². The lowest BCUT2D eigenvalue weighted by atomic mass is 10.1. The molecule has 0 aliphatic rings. The summed E-state index contributed by atoms with van der Waals surface area (Å²) in [4.78, 5) is 9.24. The fourth-order valence-electron chi connectivity index (χ4n) is 2.89. The van der Waals surface area contributed by atoms with Crippen LogP contribution in [0, 0.1) is 0 Å². The van der Waals surface area contributed by atoms with Gasteiger partial charge in [-0.3, -0.25) is 0 Å². The number of anilines is 1. The van der Waals surface area contributed by atoms with E-state index in [0.29, 0.717) is 23.5 Å². The SMILES string of the molecule is CCc1nc(-c2ccc(OC(F)(F)F)cc2OC)c(OC)nc1NC(CC)CC. The monoisotopic (exact) mass is 413 g/mol. The minimum atomic E-state index is -4.79. The zero-order chi connectivity index (χ0) is 21.6. The van der Waals surface area contributed by atoms with Crippen molar-refractivity contribution in [3.8, 4) is 28.6 Å². The fourth-order valence-corrected chi connectivity index (χ4v) is 2.89. The van der Waals surface area contributed by atoms with E-state index in [2.05, 4.69) is 33.9 Å². The number of ether oxygens (including phenoxy) is 3. The average molecular weight is 413 g/mol. The second-order valence-electron chi connectivity index (χ2n) is 6.30. The molecule has 0 fully saturated rings. The molecule has 0 radical (unpaired) electrons. The Balaban J connectivity index is 2.53. The summed E-state index contributed by atoms with van der Waals surface area (Å²) >= 11 is 0. The first-order valence-corrected chi connectivity index (χ1v) is 9.41. The third-order valence-corrected chi connectivity index (χ3v) is 4.45. The Kier molecular flexibility index (Phi) is 7.53. The van der Waals surface area contributed by atoms with E-state index in [1.807, 2.05) is 6.92 Å². The molecule has 2 rings (SSSR count). The molecule has 160 valence electrons. The highest BCUT2D eigenvalue weighted by atomic mass is 19.4. The number of rotatable bonds is 9. The van der Waals surface area contributed by atoms with Crippen molar-refractivity contribution in [1.82, 2.24) is 9.97 Å².